The van der Waals surface area contributed by atoms with E-state index in [0.717, 1.165) is 44.3 Å². The van der Waals surface area contributed by atoms with Crippen LogP contribution in [0.3, 0.4) is 0 Å². The molecule has 0 bridgehead atoms. The van der Waals surface area contributed by atoms with Gasteiger partial charge in [0.25, 0.3) is 11.6 Å². The number of non-ortho nitro benzene ring substituents is 1. The Morgan fingerprint density at radius 3 is 2.38 bits per heavy atom. The number of unbranched alkanes of at least 4 members (excludes halogenated alkanes) is 2. The van der Waals surface area contributed by atoms with Crippen molar-refractivity contribution >= 4 is 23.5 Å². The van der Waals surface area contributed by atoms with E-state index in [9.17, 15) is 30.4 Å². The van der Waals surface area contributed by atoms with E-state index in [-0.39, 0.29) is 36.1 Å². The normalized spacial score (nSPS) is 18.8. The van der Waals surface area contributed by atoms with Crippen LogP contribution in [0.15, 0.2) is 35.3 Å². The quantitative estimate of drug-likeness (QED) is 0.131. The molecule has 1 fully saturated rings. The molecule has 13 nitrogen and oxygen atoms in total. The van der Waals surface area contributed by atoms with Crippen LogP contribution in [0.4, 0.5) is 17.2 Å². The summed E-state index contributed by atoms with van der Waals surface area (Å²) in [6.07, 6.45) is 3.63. The Kier molecular flexibility index (Phi) is 11.7. The largest absolute Gasteiger partial charge is 0.472 e. The summed E-state index contributed by atoms with van der Waals surface area (Å²) in [6, 6.07) is 7.28. The van der Waals surface area contributed by atoms with E-state index in [1.807, 2.05) is 0 Å². The minimum atomic E-state index is -0.936. The molecule has 2 N–H and O–H groups in total. The van der Waals surface area contributed by atoms with E-state index >= 15 is 0 Å². The second-order valence-corrected chi connectivity index (χ2v) is 9.64. The van der Waals surface area contributed by atoms with Gasteiger partial charge in [0.2, 0.25) is 0 Å². The van der Waals surface area contributed by atoms with Crippen LogP contribution in [0.5, 0.6) is 5.88 Å². The molecule has 0 amide bonds. The highest BCUT2D eigenvalue weighted by molar-refractivity contribution is 5.64. The molecule has 0 saturated carbocycles. The molecule has 2 aromatic rings. The third kappa shape index (κ3) is 8.41. The highest BCUT2D eigenvalue weighted by Gasteiger charge is 2.37. The van der Waals surface area contributed by atoms with Crippen molar-refractivity contribution in [3.05, 3.63) is 61.7 Å². The van der Waals surface area contributed by atoms with Crippen LogP contribution in [-0.4, -0.2) is 74.8 Å². The highest BCUT2D eigenvalue weighted by atomic mass is 16.6. The molecule has 0 aliphatic carbocycles. The number of aromatic nitrogens is 1. The molecular weight excluding hydrogens is 522 g/mol. The number of aliphatic hydroxyl groups is 2. The monoisotopic (exact) mass is 559 g/mol. The average Bonchev–Trinajstić information content (AvgIpc) is 3.32. The Morgan fingerprint density at radius 2 is 1.82 bits per heavy atom. The first kappa shape index (κ1) is 30.9. The van der Waals surface area contributed by atoms with Gasteiger partial charge in [-0.1, -0.05) is 38.8 Å². The summed E-state index contributed by atoms with van der Waals surface area (Å²) in [5, 5.41) is 42.7. The van der Waals surface area contributed by atoms with Gasteiger partial charge >= 0.3 is 5.69 Å². The number of hydrogen-bond acceptors (Lipinski definition) is 10. The fourth-order valence-corrected chi connectivity index (χ4v) is 4.30. The van der Waals surface area contributed by atoms with Gasteiger partial charge < -0.3 is 24.6 Å². The summed E-state index contributed by atoms with van der Waals surface area (Å²) in [5.41, 5.74) is 0.673. The fourth-order valence-electron chi connectivity index (χ4n) is 4.30. The van der Waals surface area contributed by atoms with E-state index in [0.29, 0.717) is 12.0 Å². The van der Waals surface area contributed by atoms with Crippen molar-refractivity contribution in [2.45, 2.75) is 70.7 Å². The van der Waals surface area contributed by atoms with Crippen molar-refractivity contribution in [1.29, 1.82) is 0 Å². The van der Waals surface area contributed by atoms with Crippen LogP contribution in [0.1, 0.15) is 63.2 Å². The molecule has 2 heterocycles. The second-order valence-electron chi connectivity index (χ2n) is 9.64. The summed E-state index contributed by atoms with van der Waals surface area (Å²) in [7, 11) is 0. The van der Waals surface area contributed by atoms with Crippen molar-refractivity contribution in [2.24, 2.45) is 4.99 Å². The molecule has 3 atom stereocenters. The summed E-state index contributed by atoms with van der Waals surface area (Å²) in [5.74, 6) is -0.0431. The number of nitro groups is 2. The molecule has 0 unspecified atom stereocenters. The SMILES string of the molecule is CCCCN(C=Nc1nc(OCCc2ccc([N+](=O)[O-])cc2)c([N+](=O)[O-])cc1[C@H]1C[C@H](O)[C@@H](CO)O1)CCCC. The number of aliphatic hydroxyl groups excluding tert-OH is 2. The molecule has 0 radical (unpaired) electrons. The molecule has 1 aromatic carbocycles. The van der Waals surface area contributed by atoms with E-state index in [1.165, 1.54) is 18.2 Å². The minimum absolute atomic E-state index is 0.0327. The third-order valence-electron chi connectivity index (χ3n) is 6.64. The molecular formula is C27H37N5O8. The van der Waals surface area contributed by atoms with Gasteiger partial charge in [0, 0.05) is 49.7 Å². The number of rotatable bonds is 16. The number of hydrogen-bond donors (Lipinski definition) is 2. The second kappa shape index (κ2) is 15.2. The molecule has 13 heteroatoms. The lowest BCUT2D eigenvalue weighted by Crippen LogP contribution is -2.24. The number of nitro benzene ring substituents is 1. The van der Waals surface area contributed by atoms with Crippen molar-refractivity contribution in [2.75, 3.05) is 26.3 Å². The van der Waals surface area contributed by atoms with Crippen molar-refractivity contribution in [3.8, 4) is 5.88 Å². The smallest absolute Gasteiger partial charge is 0.331 e. The lowest BCUT2D eigenvalue weighted by Gasteiger charge is -2.19. The van der Waals surface area contributed by atoms with Crippen LogP contribution >= 0.6 is 0 Å². The van der Waals surface area contributed by atoms with Crippen LogP contribution in [-0.2, 0) is 11.2 Å². The standard InChI is InChI=1S/C27H37N5O8/c1-3-5-12-30(13-6-4-2)18-28-26-21(24-16-23(34)25(17-33)40-24)15-22(32(37)38)27(29-26)39-14-11-19-7-9-20(10-8-19)31(35)36/h7-10,15,18,23-25,33-34H,3-6,11-14,16-17H2,1-2H3/t23-,24+,25+/m0/s1. The fraction of sp³-hybridized carbons (Fsp3) is 0.556. The van der Waals surface area contributed by atoms with Crippen LogP contribution < -0.4 is 4.74 Å². The minimum Gasteiger partial charge on any atom is -0.472 e. The van der Waals surface area contributed by atoms with Gasteiger partial charge in [0.15, 0.2) is 5.82 Å². The molecule has 218 valence electrons. The predicted molar refractivity (Wildman–Crippen MR) is 148 cm³/mol. The summed E-state index contributed by atoms with van der Waals surface area (Å²) < 4.78 is 11.5. The van der Waals surface area contributed by atoms with Gasteiger partial charge in [-0.15, -0.1) is 0 Å². The molecule has 40 heavy (non-hydrogen) atoms. The van der Waals surface area contributed by atoms with Gasteiger partial charge in [0.1, 0.15) is 6.10 Å². The van der Waals surface area contributed by atoms with Crippen LogP contribution in [0.2, 0.25) is 0 Å². The molecule has 1 aromatic heterocycles. The third-order valence-corrected chi connectivity index (χ3v) is 6.64. The van der Waals surface area contributed by atoms with Crippen molar-refractivity contribution < 1.29 is 29.5 Å². The lowest BCUT2D eigenvalue weighted by molar-refractivity contribution is -0.386. The Morgan fingerprint density at radius 1 is 1.15 bits per heavy atom. The van der Waals surface area contributed by atoms with Crippen LogP contribution in [0.25, 0.3) is 0 Å². The summed E-state index contributed by atoms with van der Waals surface area (Å²) >= 11 is 0. The zero-order valence-electron chi connectivity index (χ0n) is 22.8. The zero-order valence-corrected chi connectivity index (χ0v) is 22.8. The maximum absolute atomic E-state index is 12.0. The maximum atomic E-state index is 12.0. The van der Waals surface area contributed by atoms with E-state index in [1.54, 1.807) is 18.5 Å². The lowest BCUT2D eigenvalue weighted by atomic mass is 10.0. The van der Waals surface area contributed by atoms with E-state index in [4.69, 9.17) is 9.47 Å². The Balaban J connectivity index is 1.91. The van der Waals surface area contributed by atoms with Crippen molar-refractivity contribution in [1.82, 2.24) is 9.88 Å². The Bertz CT molecular complexity index is 1150. The summed E-state index contributed by atoms with van der Waals surface area (Å²) in [4.78, 5) is 32.8. The number of aliphatic imine (C=N–C) groups is 1. The maximum Gasteiger partial charge on any atom is 0.331 e. The predicted octanol–water partition coefficient (Wildman–Crippen LogP) is 4.26. The first-order valence-corrected chi connectivity index (χ1v) is 13.5. The number of ether oxygens (including phenoxy) is 2. The van der Waals surface area contributed by atoms with Crippen LogP contribution in [0, 0.1) is 20.2 Å². The number of benzene rings is 1. The number of nitrogens with zero attached hydrogens (tertiary/aromatic N) is 5. The number of pyridine rings is 1. The van der Waals surface area contributed by atoms with Gasteiger partial charge in [-0.05, 0) is 18.4 Å². The van der Waals surface area contributed by atoms with E-state index < -0.39 is 34.8 Å². The molecule has 1 aliphatic rings. The molecule has 0 spiro atoms. The summed E-state index contributed by atoms with van der Waals surface area (Å²) in [6.45, 7) is 5.45. The molecule has 1 saturated heterocycles. The molecule has 3 rings (SSSR count). The zero-order chi connectivity index (χ0) is 29.1. The Labute approximate surface area is 232 Å². The van der Waals surface area contributed by atoms with E-state index in [2.05, 4.69) is 28.7 Å². The van der Waals surface area contributed by atoms with Gasteiger partial charge in [-0.25, -0.2) is 4.99 Å². The van der Waals surface area contributed by atoms with Gasteiger partial charge in [-0.3, -0.25) is 20.2 Å². The highest BCUT2D eigenvalue weighted by Crippen LogP contribution is 2.41. The first-order valence-electron chi connectivity index (χ1n) is 13.5. The van der Waals surface area contributed by atoms with Crippen molar-refractivity contribution in [3.63, 3.8) is 0 Å². The Hall–Kier alpha value is -3.68. The van der Waals surface area contributed by atoms with Gasteiger partial charge in [0.05, 0.1) is 41.6 Å². The average molecular weight is 560 g/mol. The molecule has 1 aliphatic heterocycles. The topological polar surface area (TPSA) is 174 Å². The van der Waals surface area contributed by atoms with Gasteiger partial charge in [-0.2, -0.15) is 4.98 Å². The first-order chi connectivity index (χ1) is 19.3.